The third-order valence-corrected chi connectivity index (χ3v) is 5.57. The number of ether oxygens (including phenoxy) is 1. The van der Waals surface area contributed by atoms with Crippen molar-refractivity contribution >= 4 is 21.7 Å². The molecule has 0 radical (unpaired) electrons. The number of amides is 1. The van der Waals surface area contributed by atoms with Gasteiger partial charge in [0.15, 0.2) is 0 Å². The Morgan fingerprint density at radius 1 is 1.07 bits per heavy atom. The average molecular weight is 391 g/mol. The number of aliphatic carboxylic acids is 1. The topological polar surface area (TPSA) is 110 Å². The molecule has 0 spiro atoms. The number of rotatable bonds is 9. The first-order valence-electron chi connectivity index (χ1n) is 8.38. The highest BCUT2D eigenvalue weighted by molar-refractivity contribution is 7.91. The van der Waals surface area contributed by atoms with Crippen LogP contribution in [-0.4, -0.2) is 42.9 Å². The van der Waals surface area contributed by atoms with Gasteiger partial charge in [-0.2, -0.15) is 0 Å². The first kappa shape index (κ1) is 20.4. The molecule has 1 unspecified atom stereocenters. The van der Waals surface area contributed by atoms with E-state index in [0.717, 1.165) is 0 Å². The highest BCUT2D eigenvalue weighted by Gasteiger charge is 2.23. The van der Waals surface area contributed by atoms with Crippen LogP contribution in [0, 0.1) is 0 Å². The highest BCUT2D eigenvalue weighted by Crippen LogP contribution is 2.21. The summed E-state index contributed by atoms with van der Waals surface area (Å²) < 4.78 is 28.8. The van der Waals surface area contributed by atoms with Gasteiger partial charge in [-0.25, -0.2) is 13.2 Å². The number of sulfone groups is 1. The van der Waals surface area contributed by atoms with E-state index >= 15 is 0 Å². The van der Waals surface area contributed by atoms with E-state index in [1.807, 2.05) is 18.2 Å². The van der Waals surface area contributed by atoms with Crippen LogP contribution >= 0.6 is 0 Å². The maximum Gasteiger partial charge on any atom is 0.326 e. The molecule has 1 atom stereocenters. The molecule has 2 aromatic rings. The SMILES string of the molecule is CCS(=O)(=O)CCC(NC(=O)c1cccc(Oc2ccccc2)c1)C(=O)O. The highest BCUT2D eigenvalue weighted by atomic mass is 32.2. The van der Waals surface area contributed by atoms with Crippen LogP contribution in [0.2, 0.25) is 0 Å². The fraction of sp³-hybridized carbons (Fsp3) is 0.263. The lowest BCUT2D eigenvalue weighted by atomic mass is 10.1. The molecule has 2 aromatic carbocycles. The van der Waals surface area contributed by atoms with E-state index < -0.39 is 27.8 Å². The molecule has 7 nitrogen and oxygen atoms in total. The number of carboxylic acids is 1. The van der Waals surface area contributed by atoms with Crippen LogP contribution in [-0.2, 0) is 14.6 Å². The van der Waals surface area contributed by atoms with Crippen molar-refractivity contribution in [1.29, 1.82) is 0 Å². The fourth-order valence-corrected chi connectivity index (χ4v) is 3.15. The number of carbonyl (C=O) groups excluding carboxylic acids is 1. The number of carbonyl (C=O) groups is 2. The van der Waals surface area contributed by atoms with Crippen LogP contribution in [0.25, 0.3) is 0 Å². The standard InChI is InChI=1S/C19H21NO6S/c1-2-27(24,25)12-11-17(19(22)23)20-18(21)14-7-6-10-16(13-14)26-15-8-4-3-5-9-15/h3-10,13,17H,2,11-12H2,1H3,(H,20,21)(H,22,23). The molecule has 0 heterocycles. The summed E-state index contributed by atoms with van der Waals surface area (Å²) >= 11 is 0. The van der Waals surface area contributed by atoms with Crippen LogP contribution < -0.4 is 10.1 Å². The summed E-state index contributed by atoms with van der Waals surface area (Å²) in [6, 6.07) is 14.0. The summed E-state index contributed by atoms with van der Waals surface area (Å²) in [7, 11) is -3.32. The maximum atomic E-state index is 12.4. The van der Waals surface area contributed by atoms with Crippen LogP contribution in [0.1, 0.15) is 23.7 Å². The van der Waals surface area contributed by atoms with E-state index in [4.69, 9.17) is 4.74 Å². The Bertz CT molecular complexity index is 895. The monoisotopic (exact) mass is 391 g/mol. The molecule has 8 heteroatoms. The minimum atomic E-state index is -3.32. The predicted octanol–water partition coefficient (Wildman–Crippen LogP) is 2.49. The Hall–Kier alpha value is -2.87. The minimum Gasteiger partial charge on any atom is -0.480 e. The van der Waals surface area contributed by atoms with E-state index in [1.54, 1.807) is 24.3 Å². The number of hydrogen-bond acceptors (Lipinski definition) is 5. The lowest BCUT2D eigenvalue weighted by Crippen LogP contribution is -2.42. The maximum absolute atomic E-state index is 12.4. The molecular formula is C19H21NO6S. The number of nitrogens with one attached hydrogen (secondary N) is 1. The zero-order valence-electron chi connectivity index (χ0n) is 14.8. The van der Waals surface area contributed by atoms with E-state index in [2.05, 4.69) is 5.32 Å². The lowest BCUT2D eigenvalue weighted by Gasteiger charge is -2.15. The normalized spacial score (nSPS) is 12.2. The van der Waals surface area contributed by atoms with Crippen molar-refractivity contribution < 1.29 is 27.9 Å². The lowest BCUT2D eigenvalue weighted by molar-refractivity contribution is -0.139. The number of hydrogen-bond donors (Lipinski definition) is 2. The van der Waals surface area contributed by atoms with Crippen LogP contribution in [0.4, 0.5) is 0 Å². The molecule has 27 heavy (non-hydrogen) atoms. The second-order valence-corrected chi connectivity index (χ2v) is 8.31. The molecule has 1 amide bonds. The second-order valence-electron chi connectivity index (χ2n) is 5.83. The van der Waals surface area contributed by atoms with Gasteiger partial charge in [-0.05, 0) is 36.8 Å². The van der Waals surface area contributed by atoms with E-state index in [-0.39, 0.29) is 23.5 Å². The van der Waals surface area contributed by atoms with E-state index in [0.29, 0.717) is 11.5 Å². The molecule has 2 N–H and O–H groups in total. The summed E-state index contributed by atoms with van der Waals surface area (Å²) in [5.74, 6) is -1.26. The van der Waals surface area contributed by atoms with Gasteiger partial charge in [-0.3, -0.25) is 4.79 Å². The van der Waals surface area contributed by atoms with Crippen LogP contribution in [0.3, 0.4) is 0 Å². The molecule has 0 saturated carbocycles. The zero-order chi connectivity index (χ0) is 19.9. The van der Waals surface area contributed by atoms with Crippen molar-refractivity contribution in [2.24, 2.45) is 0 Å². The predicted molar refractivity (Wildman–Crippen MR) is 101 cm³/mol. The minimum absolute atomic E-state index is 0.0772. The Morgan fingerprint density at radius 3 is 2.37 bits per heavy atom. The summed E-state index contributed by atoms with van der Waals surface area (Å²) in [5, 5.41) is 11.6. The number of carboxylic acid groups (broad SMARTS) is 1. The van der Waals surface area contributed by atoms with Gasteiger partial charge in [0, 0.05) is 11.3 Å². The molecule has 0 aliphatic rings. The van der Waals surface area contributed by atoms with E-state index in [9.17, 15) is 23.1 Å². The summed E-state index contributed by atoms with van der Waals surface area (Å²) in [5.41, 5.74) is 0.216. The first-order chi connectivity index (χ1) is 12.8. The molecule has 0 aromatic heterocycles. The van der Waals surface area contributed by atoms with E-state index in [1.165, 1.54) is 19.1 Å². The Labute approximate surface area is 157 Å². The van der Waals surface area contributed by atoms with Gasteiger partial charge in [-0.15, -0.1) is 0 Å². The Morgan fingerprint density at radius 2 is 1.74 bits per heavy atom. The van der Waals surface area contributed by atoms with Gasteiger partial charge < -0.3 is 15.2 Å². The van der Waals surface area contributed by atoms with Crippen LogP contribution in [0.15, 0.2) is 54.6 Å². The number of para-hydroxylation sites is 1. The quantitative estimate of drug-likeness (QED) is 0.680. The number of benzene rings is 2. The summed E-state index contributed by atoms with van der Waals surface area (Å²) in [4.78, 5) is 23.7. The zero-order valence-corrected chi connectivity index (χ0v) is 15.6. The van der Waals surface area contributed by atoms with Crippen molar-refractivity contribution in [3.8, 4) is 11.5 Å². The summed E-state index contributed by atoms with van der Waals surface area (Å²) in [6.07, 6.45) is -0.197. The fourth-order valence-electron chi connectivity index (χ4n) is 2.27. The van der Waals surface area contributed by atoms with Crippen molar-refractivity contribution in [1.82, 2.24) is 5.32 Å². The van der Waals surface area contributed by atoms with Crippen molar-refractivity contribution in [2.75, 3.05) is 11.5 Å². The first-order valence-corrected chi connectivity index (χ1v) is 10.2. The average Bonchev–Trinajstić information content (AvgIpc) is 2.65. The Kier molecular flexibility index (Phi) is 6.95. The third kappa shape index (κ3) is 6.41. The second kappa shape index (κ2) is 9.18. The molecule has 0 bridgehead atoms. The summed E-state index contributed by atoms with van der Waals surface area (Å²) in [6.45, 7) is 1.49. The third-order valence-electron chi connectivity index (χ3n) is 3.84. The Balaban J connectivity index is 2.07. The van der Waals surface area contributed by atoms with Crippen molar-refractivity contribution in [3.05, 3.63) is 60.2 Å². The van der Waals surface area contributed by atoms with Gasteiger partial charge in [-0.1, -0.05) is 31.2 Å². The van der Waals surface area contributed by atoms with Gasteiger partial charge >= 0.3 is 5.97 Å². The van der Waals surface area contributed by atoms with Crippen molar-refractivity contribution in [2.45, 2.75) is 19.4 Å². The van der Waals surface area contributed by atoms with Gasteiger partial charge in [0.1, 0.15) is 27.4 Å². The molecule has 0 saturated heterocycles. The van der Waals surface area contributed by atoms with Crippen LogP contribution in [0.5, 0.6) is 11.5 Å². The van der Waals surface area contributed by atoms with Crippen molar-refractivity contribution in [3.63, 3.8) is 0 Å². The molecular weight excluding hydrogens is 370 g/mol. The van der Waals surface area contributed by atoms with Gasteiger partial charge in [0.05, 0.1) is 5.75 Å². The molecule has 144 valence electrons. The largest absolute Gasteiger partial charge is 0.480 e. The van der Waals surface area contributed by atoms with Gasteiger partial charge in [0.25, 0.3) is 5.91 Å². The smallest absolute Gasteiger partial charge is 0.326 e. The molecule has 0 fully saturated rings. The van der Waals surface area contributed by atoms with Gasteiger partial charge in [0.2, 0.25) is 0 Å². The molecule has 0 aliphatic carbocycles. The molecule has 0 aliphatic heterocycles. The molecule has 2 rings (SSSR count).